The minimum absolute atomic E-state index is 0.173. The van der Waals surface area contributed by atoms with Crippen LogP contribution in [0.15, 0.2) is 10.3 Å². The predicted molar refractivity (Wildman–Crippen MR) is 60.2 cm³/mol. The first kappa shape index (κ1) is 10.1. The Kier molecular flexibility index (Phi) is 2.03. The highest BCUT2D eigenvalue weighted by Gasteiger charge is 2.68. The Morgan fingerprint density at radius 3 is 1.25 bits per heavy atom. The Morgan fingerprint density at radius 2 is 1.00 bits per heavy atom. The second-order valence-corrected chi connectivity index (χ2v) is 5.48. The lowest BCUT2D eigenvalue weighted by atomic mass is 9.48. The lowest BCUT2D eigenvalue weighted by Crippen LogP contribution is -2.64. The molecule has 0 heterocycles. The molecule has 0 unspecified atom stereocenters. The van der Waals surface area contributed by atoms with Crippen molar-refractivity contribution in [3.63, 3.8) is 0 Å². The quantitative estimate of drug-likeness (QED) is 0.489. The van der Waals surface area contributed by atoms with Crippen LogP contribution in [0.1, 0.15) is 51.4 Å². The maximum absolute atomic E-state index is 9.30. The maximum atomic E-state index is 9.30. The molecule has 3 saturated carbocycles. The van der Waals surface area contributed by atoms with Gasteiger partial charge in [-0.05, 0) is 25.7 Å². The summed E-state index contributed by atoms with van der Waals surface area (Å²) >= 11 is 0. The zero-order valence-corrected chi connectivity index (χ0v) is 9.45. The molecule has 0 aromatic heterocycles. The van der Waals surface area contributed by atoms with Gasteiger partial charge in [0.15, 0.2) is 0 Å². The smallest absolute Gasteiger partial charge is 0.0809 e. The number of hydrogen-bond acceptors (Lipinski definition) is 4. The fraction of sp³-hybridized carbons (Fsp3) is 0.833. The Morgan fingerprint density at radius 1 is 0.688 bits per heavy atom. The summed E-state index contributed by atoms with van der Waals surface area (Å²) in [5.74, 6) is 0. The molecule has 3 aliphatic rings. The number of nitrogens with zero attached hydrogens (tertiary/aromatic N) is 2. The molecule has 0 atom stereocenters. The fourth-order valence-electron chi connectivity index (χ4n) is 4.37. The molecular formula is C12H18N2O2. The molecule has 0 amide bonds. The molecule has 0 radical (unpaired) electrons. The Bertz CT molecular complexity index is 309. The van der Waals surface area contributed by atoms with Gasteiger partial charge in [0.2, 0.25) is 0 Å². The standard InChI is InChI=1S/C12H18N2O2/c15-13-9-11(5-1-2-6-11)10(14-16)12(9)7-3-4-8-12/h15-16H,1-8H2. The van der Waals surface area contributed by atoms with Crippen molar-refractivity contribution in [2.24, 2.45) is 21.1 Å². The van der Waals surface area contributed by atoms with Crippen molar-refractivity contribution >= 4 is 11.4 Å². The van der Waals surface area contributed by atoms with Crippen LogP contribution in [-0.2, 0) is 0 Å². The summed E-state index contributed by atoms with van der Waals surface area (Å²) in [4.78, 5) is 0. The molecule has 2 N–H and O–H groups in total. The lowest BCUT2D eigenvalue weighted by molar-refractivity contribution is 0.259. The molecule has 0 aliphatic heterocycles. The van der Waals surface area contributed by atoms with Crippen LogP contribution < -0.4 is 0 Å². The van der Waals surface area contributed by atoms with Gasteiger partial charge in [0.25, 0.3) is 0 Å². The van der Waals surface area contributed by atoms with E-state index < -0.39 is 0 Å². The van der Waals surface area contributed by atoms with E-state index in [9.17, 15) is 10.4 Å². The highest BCUT2D eigenvalue weighted by atomic mass is 16.4. The Labute approximate surface area is 95.0 Å². The minimum atomic E-state index is -0.173. The van der Waals surface area contributed by atoms with E-state index in [4.69, 9.17) is 0 Å². The first-order valence-corrected chi connectivity index (χ1v) is 6.26. The predicted octanol–water partition coefficient (Wildman–Crippen LogP) is 2.78. The van der Waals surface area contributed by atoms with E-state index in [0.717, 1.165) is 62.8 Å². The molecule has 88 valence electrons. The number of oxime groups is 2. The van der Waals surface area contributed by atoms with Crippen LogP contribution in [0.5, 0.6) is 0 Å². The van der Waals surface area contributed by atoms with Crippen molar-refractivity contribution in [3.05, 3.63) is 0 Å². The molecule has 3 rings (SSSR count). The first-order chi connectivity index (χ1) is 7.80. The molecule has 3 fully saturated rings. The number of rotatable bonds is 0. The van der Waals surface area contributed by atoms with Crippen LogP contribution in [0.4, 0.5) is 0 Å². The SMILES string of the molecule is ON=C1C2(CCCC2)C(=NO)C12CCCC2. The summed E-state index contributed by atoms with van der Waals surface area (Å²) in [5, 5.41) is 25.8. The van der Waals surface area contributed by atoms with Crippen LogP contribution in [0.25, 0.3) is 0 Å². The van der Waals surface area contributed by atoms with Gasteiger partial charge in [-0.25, -0.2) is 0 Å². The molecule has 0 aromatic rings. The van der Waals surface area contributed by atoms with E-state index in [2.05, 4.69) is 10.3 Å². The molecule has 4 heteroatoms. The van der Waals surface area contributed by atoms with Crippen LogP contribution in [0, 0.1) is 10.8 Å². The van der Waals surface area contributed by atoms with Gasteiger partial charge < -0.3 is 10.4 Å². The molecule has 0 bridgehead atoms. The largest absolute Gasteiger partial charge is 0.411 e. The molecule has 4 nitrogen and oxygen atoms in total. The van der Waals surface area contributed by atoms with Crippen molar-refractivity contribution < 1.29 is 10.4 Å². The second kappa shape index (κ2) is 3.22. The Hall–Kier alpha value is -1.06. The third-order valence-electron chi connectivity index (χ3n) is 4.93. The molecule has 0 saturated heterocycles. The second-order valence-electron chi connectivity index (χ2n) is 5.48. The van der Waals surface area contributed by atoms with Crippen molar-refractivity contribution in [3.8, 4) is 0 Å². The van der Waals surface area contributed by atoms with Gasteiger partial charge in [-0.15, -0.1) is 0 Å². The Balaban J connectivity index is 2.05. The number of hydrogen-bond donors (Lipinski definition) is 2. The van der Waals surface area contributed by atoms with Gasteiger partial charge in [0.05, 0.1) is 22.3 Å². The van der Waals surface area contributed by atoms with E-state index in [-0.39, 0.29) is 10.8 Å². The summed E-state index contributed by atoms with van der Waals surface area (Å²) in [6.07, 6.45) is 8.56. The van der Waals surface area contributed by atoms with E-state index in [1.54, 1.807) is 0 Å². The van der Waals surface area contributed by atoms with Crippen molar-refractivity contribution in [1.29, 1.82) is 0 Å². The van der Waals surface area contributed by atoms with Gasteiger partial charge in [0, 0.05) is 0 Å². The highest BCUT2D eigenvalue weighted by molar-refractivity contribution is 6.34. The van der Waals surface area contributed by atoms with Crippen LogP contribution in [-0.4, -0.2) is 21.8 Å². The fourth-order valence-corrected chi connectivity index (χ4v) is 4.37. The summed E-state index contributed by atoms with van der Waals surface area (Å²) in [6.45, 7) is 0. The van der Waals surface area contributed by atoms with Crippen LogP contribution in [0.3, 0.4) is 0 Å². The molecular weight excluding hydrogens is 204 g/mol. The van der Waals surface area contributed by atoms with E-state index in [1.807, 2.05) is 0 Å². The molecule has 0 aromatic carbocycles. The third kappa shape index (κ3) is 0.913. The van der Waals surface area contributed by atoms with E-state index >= 15 is 0 Å². The van der Waals surface area contributed by atoms with Crippen LogP contribution in [0.2, 0.25) is 0 Å². The van der Waals surface area contributed by atoms with Crippen molar-refractivity contribution in [2.45, 2.75) is 51.4 Å². The van der Waals surface area contributed by atoms with Gasteiger partial charge in [-0.2, -0.15) is 0 Å². The maximum Gasteiger partial charge on any atom is 0.0809 e. The molecule has 2 spiro atoms. The average Bonchev–Trinajstić information content (AvgIpc) is 2.91. The van der Waals surface area contributed by atoms with Gasteiger partial charge in [0.1, 0.15) is 0 Å². The van der Waals surface area contributed by atoms with E-state index in [1.165, 1.54) is 0 Å². The van der Waals surface area contributed by atoms with Gasteiger partial charge in [-0.3, -0.25) is 0 Å². The molecule has 16 heavy (non-hydrogen) atoms. The van der Waals surface area contributed by atoms with Crippen molar-refractivity contribution in [2.75, 3.05) is 0 Å². The van der Waals surface area contributed by atoms with E-state index in [0.29, 0.717) is 0 Å². The van der Waals surface area contributed by atoms with Crippen molar-refractivity contribution in [1.82, 2.24) is 0 Å². The van der Waals surface area contributed by atoms with Crippen LogP contribution >= 0.6 is 0 Å². The van der Waals surface area contributed by atoms with Gasteiger partial charge >= 0.3 is 0 Å². The highest BCUT2D eigenvalue weighted by Crippen LogP contribution is 2.63. The topological polar surface area (TPSA) is 65.2 Å². The minimum Gasteiger partial charge on any atom is -0.411 e. The summed E-state index contributed by atoms with van der Waals surface area (Å²) < 4.78 is 0. The summed E-state index contributed by atoms with van der Waals surface area (Å²) in [7, 11) is 0. The average molecular weight is 222 g/mol. The third-order valence-corrected chi connectivity index (χ3v) is 4.93. The molecule has 3 aliphatic carbocycles. The van der Waals surface area contributed by atoms with Gasteiger partial charge in [-0.1, -0.05) is 36.0 Å². The summed E-state index contributed by atoms with van der Waals surface area (Å²) in [6, 6.07) is 0. The first-order valence-electron chi connectivity index (χ1n) is 6.26. The normalized spacial score (nSPS) is 29.8. The summed E-state index contributed by atoms with van der Waals surface area (Å²) in [5.41, 5.74) is 1.49. The zero-order chi connectivity index (χ0) is 11.2. The lowest BCUT2D eigenvalue weighted by Gasteiger charge is -2.54. The zero-order valence-electron chi connectivity index (χ0n) is 9.45. The monoisotopic (exact) mass is 222 g/mol.